The van der Waals surface area contributed by atoms with Crippen molar-refractivity contribution in [2.45, 2.75) is 47.9 Å². The topological polar surface area (TPSA) is 55.8 Å². The average Bonchev–Trinajstić information content (AvgIpc) is 3.00. The van der Waals surface area contributed by atoms with Crippen molar-refractivity contribution in [3.63, 3.8) is 0 Å². The van der Waals surface area contributed by atoms with Crippen molar-refractivity contribution >= 4 is 21.8 Å². The van der Waals surface area contributed by atoms with E-state index in [0.29, 0.717) is 27.4 Å². The zero-order valence-corrected chi connectivity index (χ0v) is 17.7. The number of nitrogens with zero attached hydrogens (tertiary/aromatic N) is 1. The number of rotatable bonds is 6. The molecule has 0 aliphatic carbocycles. The number of ether oxygens (including phenoxy) is 2. The van der Waals surface area contributed by atoms with Gasteiger partial charge >= 0.3 is 0 Å². The monoisotopic (exact) mass is 419 g/mol. The summed E-state index contributed by atoms with van der Waals surface area (Å²) in [7, 11) is -1.90. The lowest BCUT2D eigenvalue weighted by atomic mass is 10.1. The molecule has 2 aliphatic heterocycles. The van der Waals surface area contributed by atoms with Gasteiger partial charge in [0.2, 0.25) is 10.0 Å². The van der Waals surface area contributed by atoms with Gasteiger partial charge < -0.3 is 9.47 Å². The largest absolute Gasteiger partial charge is 0.493 e. The Labute approximate surface area is 171 Å². The highest BCUT2D eigenvalue weighted by Crippen LogP contribution is 2.43. The second kappa shape index (κ2) is 7.97. The first kappa shape index (κ1) is 19.6. The molecule has 0 aromatic heterocycles. The van der Waals surface area contributed by atoms with Crippen LogP contribution in [0.1, 0.15) is 25.7 Å². The second-order valence-electron chi connectivity index (χ2n) is 7.27. The molecule has 28 heavy (non-hydrogen) atoms. The molecule has 2 aromatic carbocycles. The van der Waals surface area contributed by atoms with Crippen molar-refractivity contribution < 1.29 is 17.9 Å². The van der Waals surface area contributed by atoms with Gasteiger partial charge in [-0.25, -0.2) is 8.42 Å². The summed E-state index contributed by atoms with van der Waals surface area (Å²) in [4.78, 5) is 0.333. The summed E-state index contributed by atoms with van der Waals surface area (Å²) in [5.41, 5.74) is 0. The van der Waals surface area contributed by atoms with Crippen LogP contribution in [0.4, 0.5) is 0 Å². The molecule has 0 spiro atoms. The maximum atomic E-state index is 13.3. The molecule has 0 amide bonds. The SMILES string of the molecule is COc1ccccc1Oc1ccc(S(=O)(=O)N2C3CCC2CC(SC)C3)cc1. The van der Waals surface area contributed by atoms with Crippen LogP contribution < -0.4 is 9.47 Å². The van der Waals surface area contributed by atoms with Crippen LogP contribution >= 0.6 is 11.8 Å². The summed E-state index contributed by atoms with van der Waals surface area (Å²) in [6.07, 6.45) is 5.96. The molecule has 2 aromatic rings. The van der Waals surface area contributed by atoms with Gasteiger partial charge in [-0.2, -0.15) is 16.1 Å². The van der Waals surface area contributed by atoms with Crippen LogP contribution in [-0.4, -0.2) is 43.4 Å². The van der Waals surface area contributed by atoms with Gasteiger partial charge in [-0.3, -0.25) is 0 Å². The van der Waals surface area contributed by atoms with Gasteiger partial charge in [0.15, 0.2) is 11.5 Å². The number of methoxy groups -OCH3 is 1. The Bertz CT molecular complexity index is 916. The first-order valence-electron chi connectivity index (χ1n) is 9.50. The van der Waals surface area contributed by atoms with Crippen LogP contribution in [0.5, 0.6) is 17.2 Å². The van der Waals surface area contributed by atoms with E-state index in [-0.39, 0.29) is 12.1 Å². The van der Waals surface area contributed by atoms with E-state index in [1.54, 1.807) is 35.7 Å². The Hall–Kier alpha value is -1.70. The molecule has 0 saturated carbocycles. The van der Waals surface area contributed by atoms with Gasteiger partial charge in [-0.15, -0.1) is 0 Å². The number of piperidine rings is 1. The number of fused-ring (bicyclic) bond motifs is 2. The van der Waals surface area contributed by atoms with E-state index in [2.05, 4.69) is 6.26 Å². The minimum atomic E-state index is -3.49. The fraction of sp³-hybridized carbons (Fsp3) is 0.429. The normalized spacial score (nSPS) is 24.9. The molecule has 0 radical (unpaired) electrons. The first-order valence-corrected chi connectivity index (χ1v) is 12.2. The molecule has 2 aliphatic rings. The van der Waals surface area contributed by atoms with Gasteiger partial charge in [0.1, 0.15) is 5.75 Å². The third-order valence-corrected chi connectivity index (χ3v) is 8.72. The minimum absolute atomic E-state index is 0.130. The standard InChI is InChI=1S/C21H25NO4S2/c1-25-20-5-3-4-6-21(20)26-17-9-11-19(12-10-17)28(23,24)22-15-7-8-16(22)14-18(13-15)27-2/h3-6,9-12,15-16,18H,7-8,13-14H2,1-2H3. The molecule has 7 heteroatoms. The van der Waals surface area contributed by atoms with E-state index in [9.17, 15) is 8.42 Å². The number of thioether (sulfide) groups is 1. The maximum Gasteiger partial charge on any atom is 0.243 e. The Kier molecular flexibility index (Phi) is 5.58. The zero-order chi connectivity index (χ0) is 19.7. The lowest BCUT2D eigenvalue weighted by molar-refractivity contribution is 0.253. The Morgan fingerprint density at radius 2 is 1.57 bits per heavy atom. The van der Waals surface area contributed by atoms with Crippen molar-refractivity contribution in [3.8, 4) is 17.2 Å². The zero-order valence-electron chi connectivity index (χ0n) is 16.1. The Morgan fingerprint density at radius 1 is 0.964 bits per heavy atom. The van der Waals surface area contributed by atoms with Gasteiger partial charge in [0, 0.05) is 17.3 Å². The highest BCUT2D eigenvalue weighted by molar-refractivity contribution is 7.99. The van der Waals surface area contributed by atoms with Crippen LogP contribution in [0.15, 0.2) is 53.4 Å². The van der Waals surface area contributed by atoms with Crippen molar-refractivity contribution in [3.05, 3.63) is 48.5 Å². The number of hydrogen-bond donors (Lipinski definition) is 0. The van der Waals surface area contributed by atoms with Crippen molar-refractivity contribution in [1.29, 1.82) is 0 Å². The molecule has 0 N–H and O–H groups in total. The highest BCUT2D eigenvalue weighted by atomic mass is 32.2. The molecule has 4 rings (SSSR count). The summed E-state index contributed by atoms with van der Waals surface area (Å²) in [6.45, 7) is 0. The number of para-hydroxylation sites is 2. The van der Waals surface area contributed by atoms with E-state index in [1.807, 2.05) is 36.0 Å². The Morgan fingerprint density at radius 3 is 2.14 bits per heavy atom. The lowest BCUT2D eigenvalue weighted by Crippen LogP contribution is -2.47. The minimum Gasteiger partial charge on any atom is -0.493 e. The molecular weight excluding hydrogens is 394 g/mol. The van der Waals surface area contributed by atoms with E-state index in [4.69, 9.17) is 9.47 Å². The van der Waals surface area contributed by atoms with Gasteiger partial charge in [-0.05, 0) is 68.3 Å². The van der Waals surface area contributed by atoms with Crippen molar-refractivity contribution in [1.82, 2.24) is 4.31 Å². The van der Waals surface area contributed by atoms with Crippen molar-refractivity contribution in [2.75, 3.05) is 13.4 Å². The summed E-state index contributed by atoms with van der Waals surface area (Å²) >= 11 is 1.86. The van der Waals surface area contributed by atoms with Gasteiger partial charge in [0.05, 0.1) is 12.0 Å². The third kappa shape index (κ3) is 3.63. The molecule has 2 unspecified atom stereocenters. The number of benzene rings is 2. The van der Waals surface area contributed by atoms with Crippen molar-refractivity contribution in [2.24, 2.45) is 0 Å². The van der Waals surface area contributed by atoms with Crippen LogP contribution in [0.3, 0.4) is 0 Å². The van der Waals surface area contributed by atoms with E-state index >= 15 is 0 Å². The summed E-state index contributed by atoms with van der Waals surface area (Å²) in [5, 5.41) is 0.570. The van der Waals surface area contributed by atoms with Crippen LogP contribution in [0.2, 0.25) is 0 Å². The summed E-state index contributed by atoms with van der Waals surface area (Å²) < 4.78 is 39.5. The maximum absolute atomic E-state index is 13.3. The quantitative estimate of drug-likeness (QED) is 0.688. The fourth-order valence-electron chi connectivity index (χ4n) is 4.30. The predicted octanol–water partition coefficient (Wildman–Crippen LogP) is 4.53. The highest BCUT2D eigenvalue weighted by Gasteiger charge is 2.46. The number of hydrogen-bond acceptors (Lipinski definition) is 5. The van der Waals surface area contributed by atoms with Crippen LogP contribution in [-0.2, 0) is 10.0 Å². The molecule has 5 nitrogen and oxygen atoms in total. The summed E-state index contributed by atoms with van der Waals surface area (Å²) in [6, 6.07) is 14.3. The summed E-state index contributed by atoms with van der Waals surface area (Å²) in [5.74, 6) is 1.80. The molecule has 2 bridgehead atoms. The lowest BCUT2D eigenvalue weighted by Gasteiger charge is -2.37. The van der Waals surface area contributed by atoms with Crippen LogP contribution in [0, 0.1) is 0 Å². The number of sulfonamides is 1. The molecular formula is C21H25NO4S2. The van der Waals surface area contributed by atoms with Gasteiger partial charge in [0.25, 0.3) is 0 Å². The second-order valence-corrected chi connectivity index (χ2v) is 10.3. The van der Waals surface area contributed by atoms with E-state index in [0.717, 1.165) is 25.7 Å². The third-order valence-electron chi connectivity index (χ3n) is 5.65. The molecule has 150 valence electrons. The first-order chi connectivity index (χ1) is 13.5. The smallest absolute Gasteiger partial charge is 0.243 e. The fourth-order valence-corrected chi connectivity index (χ4v) is 7.02. The van der Waals surface area contributed by atoms with Crippen LogP contribution in [0.25, 0.3) is 0 Å². The molecule has 2 saturated heterocycles. The molecule has 2 fully saturated rings. The molecule has 2 atom stereocenters. The Balaban J connectivity index is 1.54. The van der Waals surface area contributed by atoms with E-state index in [1.165, 1.54) is 0 Å². The predicted molar refractivity (Wildman–Crippen MR) is 112 cm³/mol. The van der Waals surface area contributed by atoms with E-state index < -0.39 is 10.0 Å². The average molecular weight is 420 g/mol. The van der Waals surface area contributed by atoms with Gasteiger partial charge in [-0.1, -0.05) is 12.1 Å². The molecule has 2 heterocycles.